The highest BCUT2D eigenvalue weighted by Crippen LogP contribution is 2.22. The van der Waals surface area contributed by atoms with Crippen molar-refractivity contribution in [2.24, 2.45) is 5.73 Å². The van der Waals surface area contributed by atoms with Crippen LogP contribution in [0.3, 0.4) is 0 Å². The second-order valence-corrected chi connectivity index (χ2v) is 2.84. The Morgan fingerprint density at radius 1 is 1.47 bits per heavy atom. The molecule has 6 nitrogen and oxygen atoms in total. The number of oxazole rings is 1. The summed E-state index contributed by atoms with van der Waals surface area (Å²) in [6, 6.07) is 3.46. The molecule has 0 aromatic carbocycles. The molecule has 1 amide bonds. The monoisotopic (exact) mass is 204 g/mol. The van der Waals surface area contributed by atoms with Gasteiger partial charge < -0.3 is 15.9 Å². The molecule has 0 fully saturated rings. The molecule has 0 saturated carbocycles. The maximum Gasteiger partial charge on any atom is 0.273 e. The lowest BCUT2D eigenvalue weighted by molar-refractivity contribution is 0.0996. The number of carbonyl (C=O) groups is 1. The van der Waals surface area contributed by atoms with E-state index in [0.717, 1.165) is 0 Å². The van der Waals surface area contributed by atoms with E-state index in [1.807, 2.05) is 0 Å². The van der Waals surface area contributed by atoms with Crippen molar-refractivity contribution in [3.8, 4) is 11.5 Å². The number of hydrogen-bond donors (Lipinski definition) is 2. The number of nitrogen functional groups attached to an aromatic ring is 1. The van der Waals surface area contributed by atoms with Crippen LogP contribution in [0.25, 0.3) is 11.5 Å². The van der Waals surface area contributed by atoms with Crippen LogP contribution in [0, 0.1) is 0 Å². The third kappa shape index (κ3) is 1.64. The predicted molar refractivity (Wildman–Crippen MR) is 52.7 cm³/mol. The number of pyridine rings is 1. The largest absolute Gasteiger partial charge is 0.420 e. The smallest absolute Gasteiger partial charge is 0.273 e. The maximum absolute atomic E-state index is 10.9. The zero-order chi connectivity index (χ0) is 10.8. The molecule has 0 aliphatic carbocycles. The van der Waals surface area contributed by atoms with Gasteiger partial charge in [0.15, 0.2) is 5.69 Å². The second kappa shape index (κ2) is 3.41. The molecule has 2 aromatic rings. The van der Waals surface area contributed by atoms with Crippen molar-refractivity contribution in [3.63, 3.8) is 0 Å². The van der Waals surface area contributed by atoms with Crippen molar-refractivity contribution in [3.05, 3.63) is 30.2 Å². The lowest BCUT2D eigenvalue weighted by atomic mass is 10.3. The lowest BCUT2D eigenvalue weighted by Gasteiger charge is -1.90. The van der Waals surface area contributed by atoms with Gasteiger partial charge in [-0.3, -0.25) is 9.78 Å². The standard InChI is InChI=1S/C9H8N4O2/c10-7(14)6-8(11)15-9(13-6)5-2-1-3-12-4-5/h1-4H,11H2,(H2,10,14). The summed E-state index contributed by atoms with van der Waals surface area (Å²) >= 11 is 0. The first-order chi connectivity index (χ1) is 7.18. The second-order valence-electron chi connectivity index (χ2n) is 2.84. The van der Waals surface area contributed by atoms with Crippen molar-refractivity contribution in [1.29, 1.82) is 0 Å². The molecule has 15 heavy (non-hydrogen) atoms. The number of aromatic nitrogens is 2. The molecule has 0 radical (unpaired) electrons. The summed E-state index contributed by atoms with van der Waals surface area (Å²) in [5.41, 5.74) is 11.1. The van der Waals surface area contributed by atoms with Crippen LogP contribution in [0.1, 0.15) is 10.5 Å². The normalized spacial score (nSPS) is 10.1. The van der Waals surface area contributed by atoms with Crippen LogP contribution >= 0.6 is 0 Å². The van der Waals surface area contributed by atoms with Gasteiger partial charge in [-0.25, -0.2) is 4.98 Å². The van der Waals surface area contributed by atoms with Gasteiger partial charge in [-0.15, -0.1) is 0 Å². The van der Waals surface area contributed by atoms with Gasteiger partial charge in [0.25, 0.3) is 5.91 Å². The molecule has 6 heteroatoms. The molecule has 76 valence electrons. The van der Waals surface area contributed by atoms with Crippen LogP contribution in [-0.4, -0.2) is 15.9 Å². The average molecular weight is 204 g/mol. The van der Waals surface area contributed by atoms with Gasteiger partial charge in [-0.2, -0.15) is 0 Å². The molecule has 0 bridgehead atoms. The summed E-state index contributed by atoms with van der Waals surface area (Å²) in [4.78, 5) is 18.6. The Kier molecular flexibility index (Phi) is 2.09. The van der Waals surface area contributed by atoms with E-state index in [1.54, 1.807) is 24.5 Å². The summed E-state index contributed by atoms with van der Waals surface area (Å²) in [5.74, 6) is -0.567. The van der Waals surface area contributed by atoms with Crippen molar-refractivity contribution in [2.75, 3.05) is 5.73 Å². The Labute approximate surface area is 84.9 Å². The minimum absolute atomic E-state index is 0.0612. The van der Waals surface area contributed by atoms with E-state index in [2.05, 4.69) is 9.97 Å². The zero-order valence-electron chi connectivity index (χ0n) is 7.68. The quantitative estimate of drug-likeness (QED) is 0.736. The Hall–Kier alpha value is -2.37. The van der Waals surface area contributed by atoms with Crippen LogP contribution in [0.4, 0.5) is 5.88 Å². The fourth-order valence-corrected chi connectivity index (χ4v) is 1.12. The van der Waals surface area contributed by atoms with Gasteiger partial charge in [-0.05, 0) is 12.1 Å². The Morgan fingerprint density at radius 3 is 2.80 bits per heavy atom. The van der Waals surface area contributed by atoms with Gasteiger partial charge in [0, 0.05) is 12.4 Å². The number of amides is 1. The van der Waals surface area contributed by atoms with E-state index in [9.17, 15) is 4.79 Å². The van der Waals surface area contributed by atoms with E-state index >= 15 is 0 Å². The molecule has 4 N–H and O–H groups in total. The summed E-state index contributed by atoms with van der Waals surface area (Å²) in [5, 5.41) is 0. The van der Waals surface area contributed by atoms with E-state index in [4.69, 9.17) is 15.9 Å². The van der Waals surface area contributed by atoms with Crippen molar-refractivity contribution >= 4 is 11.8 Å². The topological polar surface area (TPSA) is 108 Å². The number of primary amides is 1. The average Bonchev–Trinajstić information content (AvgIpc) is 2.62. The van der Waals surface area contributed by atoms with Gasteiger partial charge >= 0.3 is 0 Å². The van der Waals surface area contributed by atoms with Gasteiger partial charge in [0.1, 0.15) is 0 Å². The number of carbonyl (C=O) groups excluding carboxylic acids is 1. The first-order valence-corrected chi connectivity index (χ1v) is 4.15. The molecule has 0 aliphatic rings. The summed E-state index contributed by atoms with van der Waals surface area (Å²) < 4.78 is 5.09. The van der Waals surface area contributed by atoms with Crippen LogP contribution in [-0.2, 0) is 0 Å². The molecule has 2 rings (SSSR count). The zero-order valence-corrected chi connectivity index (χ0v) is 7.68. The van der Waals surface area contributed by atoms with E-state index in [-0.39, 0.29) is 17.5 Å². The first kappa shape index (κ1) is 9.20. The van der Waals surface area contributed by atoms with Crippen LogP contribution in [0.2, 0.25) is 0 Å². The Balaban J connectivity index is 2.48. The van der Waals surface area contributed by atoms with Gasteiger partial charge in [-0.1, -0.05) is 0 Å². The molecule has 0 saturated heterocycles. The van der Waals surface area contributed by atoms with E-state index < -0.39 is 5.91 Å². The van der Waals surface area contributed by atoms with Crippen LogP contribution in [0.15, 0.2) is 28.9 Å². The Morgan fingerprint density at radius 2 is 2.27 bits per heavy atom. The van der Waals surface area contributed by atoms with Crippen LogP contribution in [0.5, 0.6) is 0 Å². The molecular weight excluding hydrogens is 196 g/mol. The highest BCUT2D eigenvalue weighted by Gasteiger charge is 2.16. The SMILES string of the molecule is NC(=O)c1nc(-c2cccnc2)oc1N. The highest BCUT2D eigenvalue weighted by atomic mass is 16.4. The van der Waals surface area contributed by atoms with E-state index in [0.29, 0.717) is 5.56 Å². The number of anilines is 1. The third-order valence-electron chi connectivity index (χ3n) is 1.80. The van der Waals surface area contributed by atoms with Gasteiger partial charge in [0.05, 0.1) is 5.56 Å². The molecule has 0 spiro atoms. The van der Waals surface area contributed by atoms with Crippen LogP contribution < -0.4 is 11.5 Å². The minimum Gasteiger partial charge on any atom is -0.420 e. The fraction of sp³-hybridized carbons (Fsp3) is 0. The molecule has 0 aliphatic heterocycles. The molecule has 0 atom stereocenters. The van der Waals surface area contributed by atoms with Crippen molar-refractivity contribution in [1.82, 2.24) is 9.97 Å². The molecule has 2 aromatic heterocycles. The number of nitrogens with two attached hydrogens (primary N) is 2. The summed E-state index contributed by atoms with van der Waals surface area (Å²) in [7, 11) is 0. The maximum atomic E-state index is 10.9. The number of rotatable bonds is 2. The molecular formula is C9H8N4O2. The van der Waals surface area contributed by atoms with Gasteiger partial charge in [0.2, 0.25) is 11.8 Å². The Bertz CT molecular complexity index is 492. The first-order valence-electron chi connectivity index (χ1n) is 4.15. The summed E-state index contributed by atoms with van der Waals surface area (Å²) in [6.07, 6.45) is 3.17. The number of nitrogens with zero attached hydrogens (tertiary/aromatic N) is 2. The third-order valence-corrected chi connectivity index (χ3v) is 1.80. The van der Waals surface area contributed by atoms with E-state index in [1.165, 1.54) is 0 Å². The van der Waals surface area contributed by atoms with Crippen molar-refractivity contribution in [2.45, 2.75) is 0 Å². The summed E-state index contributed by atoms with van der Waals surface area (Å²) in [6.45, 7) is 0. The minimum atomic E-state index is -0.716. The van der Waals surface area contributed by atoms with Crippen molar-refractivity contribution < 1.29 is 9.21 Å². The predicted octanol–water partition coefficient (Wildman–Crippen LogP) is 0.418. The molecule has 2 heterocycles. The number of hydrogen-bond acceptors (Lipinski definition) is 5. The molecule has 0 unspecified atom stereocenters. The lowest BCUT2D eigenvalue weighted by Crippen LogP contribution is -2.13. The highest BCUT2D eigenvalue weighted by molar-refractivity contribution is 5.95. The fourth-order valence-electron chi connectivity index (χ4n) is 1.12.